The first kappa shape index (κ1) is 13.9. The Balaban J connectivity index is 1.68. The highest BCUT2D eigenvalue weighted by atomic mass is 79.9. The molecule has 2 heterocycles. The van der Waals surface area contributed by atoms with Gasteiger partial charge in [-0.25, -0.2) is 0 Å². The van der Waals surface area contributed by atoms with Crippen molar-refractivity contribution in [2.75, 3.05) is 30.8 Å². The highest BCUT2D eigenvalue weighted by molar-refractivity contribution is 9.09. The molecule has 1 saturated heterocycles. The average Bonchev–Trinajstić information content (AvgIpc) is 2.85. The maximum absolute atomic E-state index is 5.81. The quantitative estimate of drug-likeness (QED) is 0.782. The first-order valence-corrected chi connectivity index (χ1v) is 9.02. The summed E-state index contributed by atoms with van der Waals surface area (Å²) in [7, 11) is 0. The molecule has 3 atom stereocenters. The molecule has 2 aliphatic rings. The van der Waals surface area contributed by atoms with Gasteiger partial charge in [0.05, 0.1) is 12.7 Å². The van der Waals surface area contributed by atoms with E-state index in [0.29, 0.717) is 18.1 Å². The molecule has 104 valence electrons. The number of benzene rings is 1. The summed E-state index contributed by atoms with van der Waals surface area (Å²) in [6.07, 6.45) is 0.348. The largest absolute Gasteiger partial charge is 0.374 e. The van der Waals surface area contributed by atoms with Crippen LogP contribution in [-0.4, -0.2) is 47.8 Å². The van der Waals surface area contributed by atoms with Gasteiger partial charge in [-0.1, -0.05) is 34.1 Å². The molecule has 2 nitrogen and oxygen atoms in total. The first-order chi connectivity index (χ1) is 9.28. The standard InChI is InChI=1S/C15H20BrNOS/c1-11-9-18-13(6-16)8-17(11)7-12-10-19-15-5-3-2-4-14(12)15/h2-5,11-13H,6-10H2,1H3. The third-order valence-electron chi connectivity index (χ3n) is 4.06. The monoisotopic (exact) mass is 341 g/mol. The van der Waals surface area contributed by atoms with Crippen LogP contribution in [0.2, 0.25) is 0 Å². The number of halogens is 1. The van der Waals surface area contributed by atoms with Crippen LogP contribution in [0.15, 0.2) is 29.2 Å². The van der Waals surface area contributed by atoms with Crippen molar-refractivity contribution in [1.29, 1.82) is 0 Å². The van der Waals surface area contributed by atoms with Gasteiger partial charge in [-0.2, -0.15) is 0 Å². The van der Waals surface area contributed by atoms with Crippen LogP contribution in [0.3, 0.4) is 0 Å². The van der Waals surface area contributed by atoms with E-state index in [9.17, 15) is 0 Å². The van der Waals surface area contributed by atoms with Crippen LogP contribution in [0.25, 0.3) is 0 Å². The zero-order chi connectivity index (χ0) is 13.2. The Labute approximate surface area is 128 Å². The lowest BCUT2D eigenvalue weighted by atomic mass is 9.99. The fraction of sp³-hybridized carbons (Fsp3) is 0.600. The van der Waals surface area contributed by atoms with Gasteiger partial charge < -0.3 is 4.74 Å². The number of rotatable bonds is 3. The molecule has 4 heteroatoms. The first-order valence-electron chi connectivity index (χ1n) is 6.91. The molecule has 0 amide bonds. The van der Waals surface area contributed by atoms with Crippen molar-refractivity contribution in [3.05, 3.63) is 29.8 Å². The molecule has 0 radical (unpaired) electrons. The molecule has 0 saturated carbocycles. The van der Waals surface area contributed by atoms with E-state index in [1.165, 1.54) is 10.6 Å². The lowest BCUT2D eigenvalue weighted by molar-refractivity contribution is -0.0478. The summed E-state index contributed by atoms with van der Waals surface area (Å²) in [6.45, 7) is 5.35. The van der Waals surface area contributed by atoms with E-state index in [0.717, 1.165) is 25.0 Å². The van der Waals surface area contributed by atoms with Gasteiger partial charge in [0.1, 0.15) is 0 Å². The van der Waals surface area contributed by atoms with Crippen LogP contribution >= 0.6 is 27.7 Å². The third kappa shape index (κ3) is 3.02. The van der Waals surface area contributed by atoms with Gasteiger partial charge in [0, 0.05) is 41.0 Å². The summed E-state index contributed by atoms with van der Waals surface area (Å²) in [4.78, 5) is 4.08. The molecule has 1 aromatic rings. The Morgan fingerprint density at radius 2 is 2.26 bits per heavy atom. The molecule has 3 rings (SSSR count). The molecule has 0 N–H and O–H groups in total. The minimum Gasteiger partial charge on any atom is -0.374 e. The SMILES string of the molecule is CC1COC(CBr)CN1CC1CSc2ccccc21. The topological polar surface area (TPSA) is 12.5 Å². The summed E-state index contributed by atoms with van der Waals surface area (Å²) < 4.78 is 5.81. The summed E-state index contributed by atoms with van der Waals surface area (Å²) in [5, 5.41) is 0.937. The van der Waals surface area contributed by atoms with Crippen molar-refractivity contribution in [2.24, 2.45) is 0 Å². The van der Waals surface area contributed by atoms with Gasteiger partial charge in [0.2, 0.25) is 0 Å². The Hall–Kier alpha value is -0.0300. The molecule has 2 aliphatic heterocycles. The molecule has 0 bridgehead atoms. The smallest absolute Gasteiger partial charge is 0.0799 e. The molecule has 0 aromatic heterocycles. The Morgan fingerprint density at radius 1 is 1.42 bits per heavy atom. The second-order valence-electron chi connectivity index (χ2n) is 5.46. The second kappa shape index (κ2) is 6.17. The molecule has 3 unspecified atom stereocenters. The van der Waals surface area contributed by atoms with Gasteiger partial charge in [0.25, 0.3) is 0 Å². The van der Waals surface area contributed by atoms with Crippen LogP contribution < -0.4 is 0 Å². The molecule has 1 fully saturated rings. The van der Waals surface area contributed by atoms with Crippen molar-refractivity contribution in [3.8, 4) is 0 Å². The predicted molar refractivity (Wildman–Crippen MR) is 84.5 cm³/mol. The number of alkyl halides is 1. The van der Waals surface area contributed by atoms with E-state index in [4.69, 9.17) is 4.74 Å². The molecule has 1 aromatic carbocycles. The summed E-state index contributed by atoms with van der Waals surface area (Å²) in [5.74, 6) is 1.90. The summed E-state index contributed by atoms with van der Waals surface area (Å²) >= 11 is 5.55. The highest BCUT2D eigenvalue weighted by Gasteiger charge is 2.30. The second-order valence-corrected chi connectivity index (χ2v) is 7.17. The fourth-order valence-corrected chi connectivity index (χ4v) is 4.52. The van der Waals surface area contributed by atoms with E-state index >= 15 is 0 Å². The van der Waals surface area contributed by atoms with Crippen molar-refractivity contribution >= 4 is 27.7 Å². The van der Waals surface area contributed by atoms with Crippen molar-refractivity contribution in [3.63, 3.8) is 0 Å². The van der Waals surface area contributed by atoms with Crippen molar-refractivity contribution in [1.82, 2.24) is 4.90 Å². The van der Waals surface area contributed by atoms with E-state index in [1.807, 2.05) is 11.8 Å². The minimum absolute atomic E-state index is 0.348. The van der Waals surface area contributed by atoms with Crippen LogP contribution in [0.1, 0.15) is 18.4 Å². The maximum atomic E-state index is 5.81. The molecule has 19 heavy (non-hydrogen) atoms. The molecule has 0 aliphatic carbocycles. The fourth-order valence-electron chi connectivity index (χ4n) is 2.89. The number of nitrogens with zero attached hydrogens (tertiary/aromatic N) is 1. The van der Waals surface area contributed by atoms with Crippen molar-refractivity contribution < 1.29 is 4.74 Å². The van der Waals surface area contributed by atoms with E-state index in [2.05, 4.69) is 52.0 Å². The van der Waals surface area contributed by atoms with Crippen LogP contribution in [0.4, 0.5) is 0 Å². The van der Waals surface area contributed by atoms with Crippen LogP contribution in [0, 0.1) is 0 Å². The number of ether oxygens (including phenoxy) is 1. The van der Waals surface area contributed by atoms with E-state index < -0.39 is 0 Å². The highest BCUT2D eigenvalue weighted by Crippen LogP contribution is 2.40. The molecular formula is C15H20BrNOS. The van der Waals surface area contributed by atoms with Crippen LogP contribution in [-0.2, 0) is 4.74 Å². The molecule has 0 spiro atoms. The maximum Gasteiger partial charge on any atom is 0.0799 e. The molecular weight excluding hydrogens is 322 g/mol. The van der Waals surface area contributed by atoms with Crippen LogP contribution in [0.5, 0.6) is 0 Å². The lowest BCUT2D eigenvalue weighted by Crippen LogP contribution is -2.50. The van der Waals surface area contributed by atoms with E-state index in [-0.39, 0.29) is 0 Å². The van der Waals surface area contributed by atoms with Gasteiger partial charge in [-0.05, 0) is 18.6 Å². The number of morpholine rings is 1. The van der Waals surface area contributed by atoms with Crippen molar-refractivity contribution in [2.45, 2.75) is 29.9 Å². The zero-order valence-electron chi connectivity index (χ0n) is 11.2. The number of fused-ring (bicyclic) bond motifs is 1. The number of hydrogen-bond donors (Lipinski definition) is 0. The van der Waals surface area contributed by atoms with Gasteiger partial charge in [-0.15, -0.1) is 11.8 Å². The predicted octanol–water partition coefficient (Wildman–Crippen LogP) is 3.36. The Kier molecular flexibility index (Phi) is 4.52. The van der Waals surface area contributed by atoms with E-state index in [1.54, 1.807) is 5.56 Å². The normalized spacial score (nSPS) is 31.4. The summed E-state index contributed by atoms with van der Waals surface area (Å²) in [5.41, 5.74) is 1.54. The zero-order valence-corrected chi connectivity index (χ0v) is 13.6. The Bertz CT molecular complexity index is 442. The van der Waals surface area contributed by atoms with Gasteiger partial charge in [0.15, 0.2) is 0 Å². The minimum atomic E-state index is 0.348. The summed E-state index contributed by atoms with van der Waals surface area (Å²) in [6, 6.07) is 9.40. The lowest BCUT2D eigenvalue weighted by Gasteiger charge is -2.38. The third-order valence-corrected chi connectivity index (χ3v) is 6.03. The van der Waals surface area contributed by atoms with Gasteiger partial charge in [-0.3, -0.25) is 4.90 Å². The Morgan fingerprint density at radius 3 is 3.11 bits per heavy atom. The van der Waals surface area contributed by atoms with Gasteiger partial charge >= 0.3 is 0 Å². The number of thioether (sulfide) groups is 1. The average molecular weight is 342 g/mol. The number of hydrogen-bond acceptors (Lipinski definition) is 3.